The number of aromatic nitrogens is 3. The zero-order valence-electron chi connectivity index (χ0n) is 9.73. The van der Waals surface area contributed by atoms with E-state index in [9.17, 15) is 0 Å². The first-order valence-corrected chi connectivity index (χ1v) is 6.08. The third-order valence-corrected chi connectivity index (χ3v) is 3.72. The summed E-state index contributed by atoms with van der Waals surface area (Å²) in [5.74, 6) is 0. The molecule has 0 amide bonds. The van der Waals surface area contributed by atoms with Gasteiger partial charge < -0.3 is 9.84 Å². The Kier molecular flexibility index (Phi) is 1.77. The van der Waals surface area contributed by atoms with Crippen LogP contribution in [-0.2, 0) is 25.9 Å². The van der Waals surface area contributed by atoms with Gasteiger partial charge in [-0.2, -0.15) is 5.10 Å². The molecule has 0 unspecified atom stereocenters. The molecule has 0 aliphatic carbocycles. The normalized spacial score (nSPS) is 21.8. The van der Waals surface area contributed by atoms with Gasteiger partial charge in [0.05, 0.1) is 11.4 Å². The molecular formula is C12H14N4O. The highest BCUT2D eigenvalue weighted by atomic mass is 16.5. The highest BCUT2D eigenvalue weighted by molar-refractivity contribution is 5.65. The maximum Gasteiger partial charge on any atom is 0.135 e. The number of nitrogens with zero attached hydrogens (tertiary/aromatic N) is 3. The molecule has 2 aliphatic rings. The lowest BCUT2D eigenvalue weighted by atomic mass is 9.98. The van der Waals surface area contributed by atoms with Crippen LogP contribution in [0.5, 0.6) is 0 Å². The van der Waals surface area contributed by atoms with Crippen LogP contribution in [-0.4, -0.2) is 21.0 Å². The number of nitrogens with one attached hydrogen (secondary N) is 1. The molecule has 5 heteroatoms. The van der Waals surface area contributed by atoms with Crippen molar-refractivity contribution in [1.82, 2.24) is 20.3 Å². The van der Waals surface area contributed by atoms with Crippen LogP contribution >= 0.6 is 0 Å². The second-order valence-electron chi connectivity index (χ2n) is 4.92. The number of aryl methyl sites for hydroxylation is 2. The number of hydrogen-bond acceptors (Lipinski definition) is 4. The predicted molar refractivity (Wildman–Crippen MR) is 61.4 cm³/mol. The highest BCUT2D eigenvalue weighted by Crippen LogP contribution is 2.34. The Labute approximate surface area is 98.8 Å². The summed E-state index contributed by atoms with van der Waals surface area (Å²) in [6, 6.07) is 0.510. The van der Waals surface area contributed by atoms with Crippen molar-refractivity contribution < 1.29 is 4.52 Å². The SMILES string of the molecule is C[C@@H]1Cc2nn3c(c2CN1)-c1nocc1CC3. The fourth-order valence-corrected chi connectivity index (χ4v) is 2.82. The lowest BCUT2D eigenvalue weighted by Crippen LogP contribution is -2.32. The Bertz CT molecular complexity index is 583. The topological polar surface area (TPSA) is 55.9 Å². The summed E-state index contributed by atoms with van der Waals surface area (Å²) < 4.78 is 7.19. The molecule has 0 bridgehead atoms. The van der Waals surface area contributed by atoms with E-state index in [1.165, 1.54) is 16.8 Å². The van der Waals surface area contributed by atoms with E-state index in [0.29, 0.717) is 6.04 Å². The van der Waals surface area contributed by atoms with Gasteiger partial charge in [0.1, 0.15) is 12.0 Å². The Morgan fingerprint density at radius 2 is 2.47 bits per heavy atom. The quantitative estimate of drug-likeness (QED) is 0.737. The summed E-state index contributed by atoms with van der Waals surface area (Å²) in [6.07, 6.45) is 3.73. The van der Waals surface area contributed by atoms with Gasteiger partial charge in [0.15, 0.2) is 0 Å². The molecule has 0 saturated carbocycles. The molecular weight excluding hydrogens is 216 g/mol. The van der Waals surface area contributed by atoms with E-state index in [2.05, 4.69) is 22.1 Å². The van der Waals surface area contributed by atoms with Crippen LogP contribution in [0.2, 0.25) is 0 Å². The third-order valence-electron chi connectivity index (χ3n) is 3.72. The molecule has 0 fully saturated rings. The van der Waals surface area contributed by atoms with Crippen molar-refractivity contribution in [1.29, 1.82) is 0 Å². The Morgan fingerprint density at radius 3 is 3.41 bits per heavy atom. The molecule has 5 nitrogen and oxygen atoms in total. The van der Waals surface area contributed by atoms with Crippen LogP contribution in [0, 0.1) is 0 Å². The fraction of sp³-hybridized carbons (Fsp3) is 0.500. The fourth-order valence-electron chi connectivity index (χ4n) is 2.82. The van der Waals surface area contributed by atoms with E-state index in [1.807, 2.05) is 0 Å². The maximum absolute atomic E-state index is 5.09. The maximum atomic E-state index is 5.09. The van der Waals surface area contributed by atoms with E-state index in [1.54, 1.807) is 6.26 Å². The summed E-state index contributed by atoms with van der Waals surface area (Å²) in [5.41, 5.74) is 5.88. The molecule has 2 aromatic heterocycles. The molecule has 0 saturated heterocycles. The first-order chi connectivity index (χ1) is 8.33. The minimum atomic E-state index is 0.510. The van der Waals surface area contributed by atoms with Gasteiger partial charge in [0, 0.05) is 36.7 Å². The van der Waals surface area contributed by atoms with Crippen molar-refractivity contribution in [3.63, 3.8) is 0 Å². The lowest BCUT2D eigenvalue weighted by Gasteiger charge is -2.20. The molecule has 0 aromatic carbocycles. The molecule has 2 aromatic rings. The van der Waals surface area contributed by atoms with Crippen molar-refractivity contribution in [3.05, 3.63) is 23.1 Å². The Morgan fingerprint density at radius 1 is 1.53 bits per heavy atom. The first kappa shape index (κ1) is 9.41. The number of hydrogen-bond donors (Lipinski definition) is 1. The van der Waals surface area contributed by atoms with Gasteiger partial charge in [-0.1, -0.05) is 5.16 Å². The van der Waals surface area contributed by atoms with Gasteiger partial charge in [0.25, 0.3) is 0 Å². The monoisotopic (exact) mass is 230 g/mol. The van der Waals surface area contributed by atoms with Gasteiger partial charge in [-0.3, -0.25) is 4.68 Å². The smallest absolute Gasteiger partial charge is 0.135 e. The summed E-state index contributed by atoms with van der Waals surface area (Å²) >= 11 is 0. The van der Waals surface area contributed by atoms with E-state index in [4.69, 9.17) is 9.62 Å². The molecule has 0 spiro atoms. The van der Waals surface area contributed by atoms with Gasteiger partial charge in [-0.05, 0) is 13.3 Å². The van der Waals surface area contributed by atoms with Crippen LogP contribution in [0.4, 0.5) is 0 Å². The summed E-state index contributed by atoms with van der Waals surface area (Å²) in [5, 5.41) is 12.3. The molecule has 1 atom stereocenters. The molecule has 4 rings (SSSR count). The largest absolute Gasteiger partial charge is 0.364 e. The van der Waals surface area contributed by atoms with Crippen molar-refractivity contribution in [3.8, 4) is 11.4 Å². The summed E-state index contributed by atoms with van der Waals surface area (Å²) in [7, 11) is 0. The summed E-state index contributed by atoms with van der Waals surface area (Å²) in [4.78, 5) is 0. The van der Waals surface area contributed by atoms with Crippen molar-refractivity contribution in [2.75, 3.05) is 0 Å². The molecule has 88 valence electrons. The zero-order chi connectivity index (χ0) is 11.4. The third kappa shape index (κ3) is 1.23. The van der Waals surface area contributed by atoms with Crippen molar-refractivity contribution in [2.24, 2.45) is 0 Å². The Hall–Kier alpha value is -1.62. The van der Waals surface area contributed by atoms with Gasteiger partial charge in [0.2, 0.25) is 0 Å². The van der Waals surface area contributed by atoms with Crippen LogP contribution in [0.25, 0.3) is 11.4 Å². The molecule has 1 N–H and O–H groups in total. The molecule has 17 heavy (non-hydrogen) atoms. The molecule has 4 heterocycles. The Balaban J connectivity index is 1.93. The van der Waals surface area contributed by atoms with E-state index < -0.39 is 0 Å². The van der Waals surface area contributed by atoms with Crippen molar-refractivity contribution in [2.45, 2.75) is 38.9 Å². The van der Waals surface area contributed by atoms with Gasteiger partial charge in [-0.25, -0.2) is 0 Å². The lowest BCUT2D eigenvalue weighted by molar-refractivity contribution is 0.421. The second kappa shape index (κ2) is 3.20. The minimum absolute atomic E-state index is 0.510. The zero-order valence-corrected chi connectivity index (χ0v) is 9.73. The van der Waals surface area contributed by atoms with Crippen molar-refractivity contribution >= 4 is 0 Å². The molecule has 0 radical (unpaired) electrons. The number of rotatable bonds is 0. The van der Waals surface area contributed by atoms with E-state index in [-0.39, 0.29) is 0 Å². The predicted octanol–water partition coefficient (Wildman–Crippen LogP) is 1.13. The van der Waals surface area contributed by atoms with Crippen LogP contribution in [0.3, 0.4) is 0 Å². The highest BCUT2D eigenvalue weighted by Gasteiger charge is 2.29. The number of fused-ring (bicyclic) bond motifs is 5. The first-order valence-electron chi connectivity index (χ1n) is 6.08. The average Bonchev–Trinajstić information content (AvgIpc) is 2.89. The van der Waals surface area contributed by atoms with Crippen LogP contribution in [0.1, 0.15) is 23.7 Å². The van der Waals surface area contributed by atoms with Gasteiger partial charge >= 0.3 is 0 Å². The average molecular weight is 230 g/mol. The standard InChI is InChI=1S/C12H14N4O/c1-7-4-10-9(5-13-7)12-11-8(6-17-15-11)2-3-16(12)14-10/h6-7,13H,2-5H2,1H3/t7-/m1/s1. The second-order valence-corrected chi connectivity index (χ2v) is 4.92. The van der Waals surface area contributed by atoms with Crippen LogP contribution in [0.15, 0.2) is 10.8 Å². The minimum Gasteiger partial charge on any atom is -0.364 e. The summed E-state index contributed by atoms with van der Waals surface area (Å²) in [6.45, 7) is 4.02. The molecule has 2 aliphatic heterocycles. The van der Waals surface area contributed by atoms with Gasteiger partial charge in [-0.15, -0.1) is 0 Å². The van der Waals surface area contributed by atoms with E-state index >= 15 is 0 Å². The van der Waals surface area contributed by atoms with Crippen LogP contribution < -0.4 is 5.32 Å². The van der Waals surface area contributed by atoms with E-state index in [0.717, 1.165) is 37.3 Å².